The number of halogens is 1. The number of hydrogen-bond donors (Lipinski definition) is 1. The Hall–Kier alpha value is -1.36. The lowest BCUT2D eigenvalue weighted by molar-refractivity contribution is -0.131. The zero-order valence-electron chi connectivity index (χ0n) is 10.3. The predicted molar refractivity (Wildman–Crippen MR) is 73.3 cm³/mol. The summed E-state index contributed by atoms with van der Waals surface area (Å²) in [5, 5.41) is 2.63. The van der Waals surface area contributed by atoms with E-state index in [0.29, 0.717) is 0 Å². The molecule has 1 aromatic carbocycles. The van der Waals surface area contributed by atoms with E-state index in [1.165, 1.54) is 0 Å². The fourth-order valence-electron chi connectivity index (χ4n) is 2.13. The van der Waals surface area contributed by atoms with Gasteiger partial charge in [-0.2, -0.15) is 0 Å². The minimum atomic E-state index is -0.438. The monoisotopic (exact) mass is 310 g/mol. The Bertz CT molecular complexity index is 470. The van der Waals surface area contributed by atoms with E-state index < -0.39 is 6.04 Å². The van der Waals surface area contributed by atoms with Crippen LogP contribution in [0.2, 0.25) is 0 Å². The molecular formula is C13H15BrN2O2. The third-order valence-electron chi connectivity index (χ3n) is 2.97. The fourth-order valence-corrected chi connectivity index (χ4v) is 2.40. The van der Waals surface area contributed by atoms with E-state index in [1.807, 2.05) is 38.1 Å². The van der Waals surface area contributed by atoms with Crippen molar-refractivity contribution in [2.24, 2.45) is 5.92 Å². The van der Waals surface area contributed by atoms with Crippen molar-refractivity contribution in [3.05, 3.63) is 28.7 Å². The topological polar surface area (TPSA) is 49.4 Å². The molecule has 0 bridgehead atoms. The van der Waals surface area contributed by atoms with E-state index in [0.717, 1.165) is 10.2 Å². The van der Waals surface area contributed by atoms with Gasteiger partial charge in [0.2, 0.25) is 11.8 Å². The van der Waals surface area contributed by atoms with E-state index in [1.54, 1.807) is 4.90 Å². The normalized spacial score (nSPS) is 20.2. The molecule has 1 fully saturated rings. The molecule has 1 atom stereocenters. The van der Waals surface area contributed by atoms with Gasteiger partial charge in [-0.05, 0) is 30.2 Å². The molecular weight excluding hydrogens is 296 g/mol. The Labute approximate surface area is 114 Å². The van der Waals surface area contributed by atoms with Crippen molar-refractivity contribution in [1.29, 1.82) is 0 Å². The highest BCUT2D eigenvalue weighted by Gasteiger charge is 2.37. The van der Waals surface area contributed by atoms with Crippen molar-refractivity contribution >= 4 is 33.4 Å². The number of carbonyl (C=O) groups excluding carboxylic acids is 2. The molecule has 0 spiro atoms. The second-order valence-corrected chi connectivity index (χ2v) is 5.56. The molecule has 0 radical (unpaired) electrons. The first kappa shape index (κ1) is 13.1. The maximum absolute atomic E-state index is 12.0. The Balaban J connectivity index is 2.39. The van der Waals surface area contributed by atoms with Crippen LogP contribution in [0.1, 0.15) is 13.8 Å². The predicted octanol–water partition coefficient (Wildman–Crippen LogP) is 1.94. The third-order valence-corrected chi connectivity index (χ3v) is 3.49. The molecule has 2 amide bonds. The molecule has 5 heteroatoms. The van der Waals surface area contributed by atoms with E-state index in [2.05, 4.69) is 21.2 Å². The zero-order valence-corrected chi connectivity index (χ0v) is 11.9. The van der Waals surface area contributed by atoms with Gasteiger partial charge < -0.3 is 5.32 Å². The molecule has 4 nitrogen and oxygen atoms in total. The number of nitrogens with zero attached hydrogens (tertiary/aromatic N) is 1. The highest BCUT2D eigenvalue weighted by molar-refractivity contribution is 9.10. The van der Waals surface area contributed by atoms with Gasteiger partial charge in [-0.1, -0.05) is 29.8 Å². The molecule has 0 aliphatic carbocycles. The van der Waals surface area contributed by atoms with E-state index in [-0.39, 0.29) is 24.3 Å². The first-order valence-corrected chi connectivity index (χ1v) is 6.65. The van der Waals surface area contributed by atoms with Gasteiger partial charge in [0.25, 0.3) is 0 Å². The number of nitrogens with one attached hydrogen (secondary N) is 1. The standard InChI is InChI=1S/C13H15BrN2O2/c1-8(2)12-13(18)15-7-11(17)16(12)10-5-3-9(14)4-6-10/h3-6,8,12H,7H2,1-2H3,(H,15,18). The van der Waals surface area contributed by atoms with Crippen molar-refractivity contribution in [2.45, 2.75) is 19.9 Å². The summed E-state index contributed by atoms with van der Waals surface area (Å²) in [7, 11) is 0. The van der Waals surface area contributed by atoms with Gasteiger partial charge in [-0.25, -0.2) is 0 Å². The van der Waals surface area contributed by atoms with Crippen LogP contribution < -0.4 is 10.2 Å². The molecule has 18 heavy (non-hydrogen) atoms. The van der Waals surface area contributed by atoms with Crippen molar-refractivity contribution in [3.63, 3.8) is 0 Å². The fraction of sp³-hybridized carbons (Fsp3) is 0.385. The summed E-state index contributed by atoms with van der Waals surface area (Å²) in [6.45, 7) is 3.95. The van der Waals surface area contributed by atoms with Gasteiger partial charge in [-0.3, -0.25) is 14.5 Å². The third kappa shape index (κ3) is 2.41. The lowest BCUT2D eigenvalue weighted by Gasteiger charge is -2.37. The number of anilines is 1. The van der Waals surface area contributed by atoms with E-state index >= 15 is 0 Å². The number of benzene rings is 1. The number of carbonyl (C=O) groups is 2. The molecule has 0 aromatic heterocycles. The maximum atomic E-state index is 12.0. The van der Waals surface area contributed by atoms with Crippen molar-refractivity contribution in [3.8, 4) is 0 Å². The molecule has 2 rings (SSSR count). The molecule has 1 N–H and O–H groups in total. The summed E-state index contributed by atoms with van der Waals surface area (Å²) in [6.07, 6.45) is 0. The second-order valence-electron chi connectivity index (χ2n) is 4.65. The molecule has 1 heterocycles. The molecule has 0 saturated carbocycles. The molecule has 1 unspecified atom stereocenters. The van der Waals surface area contributed by atoms with Gasteiger partial charge in [0.1, 0.15) is 6.04 Å². The smallest absolute Gasteiger partial charge is 0.247 e. The first-order valence-electron chi connectivity index (χ1n) is 5.86. The molecule has 1 saturated heterocycles. The summed E-state index contributed by atoms with van der Waals surface area (Å²) < 4.78 is 0.946. The van der Waals surface area contributed by atoms with E-state index in [4.69, 9.17) is 0 Å². The van der Waals surface area contributed by atoms with Crippen molar-refractivity contribution in [1.82, 2.24) is 5.32 Å². The number of piperazine rings is 1. The summed E-state index contributed by atoms with van der Waals surface area (Å²) in [5.41, 5.74) is 0.761. The molecule has 1 aromatic rings. The van der Waals surface area contributed by atoms with Crippen LogP contribution >= 0.6 is 15.9 Å². The van der Waals surface area contributed by atoms with Gasteiger partial charge in [0.05, 0.1) is 6.54 Å². The Morgan fingerprint density at radius 1 is 1.28 bits per heavy atom. The largest absolute Gasteiger partial charge is 0.345 e. The SMILES string of the molecule is CC(C)C1C(=O)NCC(=O)N1c1ccc(Br)cc1. The number of rotatable bonds is 2. The molecule has 1 aliphatic heterocycles. The minimum absolute atomic E-state index is 0.0675. The highest BCUT2D eigenvalue weighted by atomic mass is 79.9. The zero-order chi connectivity index (χ0) is 13.3. The molecule has 1 aliphatic rings. The van der Waals surface area contributed by atoms with Crippen LogP contribution in [0.4, 0.5) is 5.69 Å². The van der Waals surface area contributed by atoms with Crippen molar-refractivity contribution < 1.29 is 9.59 Å². The van der Waals surface area contributed by atoms with Gasteiger partial charge in [0.15, 0.2) is 0 Å². The summed E-state index contributed by atoms with van der Waals surface area (Å²) in [5.74, 6) is -0.0963. The lowest BCUT2D eigenvalue weighted by atomic mass is 9.98. The highest BCUT2D eigenvalue weighted by Crippen LogP contribution is 2.25. The Morgan fingerprint density at radius 2 is 1.89 bits per heavy atom. The molecule has 96 valence electrons. The van der Waals surface area contributed by atoms with Gasteiger partial charge in [-0.15, -0.1) is 0 Å². The number of amides is 2. The Kier molecular flexibility index (Phi) is 3.71. The summed E-state index contributed by atoms with van der Waals surface area (Å²) >= 11 is 3.36. The minimum Gasteiger partial charge on any atom is -0.345 e. The van der Waals surface area contributed by atoms with Crippen LogP contribution in [0.3, 0.4) is 0 Å². The van der Waals surface area contributed by atoms with Crippen LogP contribution in [0, 0.1) is 5.92 Å². The number of hydrogen-bond acceptors (Lipinski definition) is 2. The summed E-state index contributed by atoms with van der Waals surface area (Å²) in [4.78, 5) is 25.6. The van der Waals surface area contributed by atoms with Crippen LogP contribution in [0.5, 0.6) is 0 Å². The second kappa shape index (κ2) is 5.10. The van der Waals surface area contributed by atoms with Crippen LogP contribution in [-0.2, 0) is 9.59 Å². The van der Waals surface area contributed by atoms with Crippen LogP contribution in [-0.4, -0.2) is 24.4 Å². The average molecular weight is 311 g/mol. The van der Waals surface area contributed by atoms with E-state index in [9.17, 15) is 9.59 Å². The van der Waals surface area contributed by atoms with Gasteiger partial charge in [0, 0.05) is 10.2 Å². The maximum Gasteiger partial charge on any atom is 0.247 e. The van der Waals surface area contributed by atoms with Gasteiger partial charge >= 0.3 is 0 Å². The van der Waals surface area contributed by atoms with Crippen molar-refractivity contribution in [2.75, 3.05) is 11.4 Å². The van der Waals surface area contributed by atoms with Crippen LogP contribution in [0.25, 0.3) is 0 Å². The lowest BCUT2D eigenvalue weighted by Crippen LogP contribution is -2.60. The summed E-state index contributed by atoms with van der Waals surface area (Å²) in [6, 6.07) is 6.98. The van der Waals surface area contributed by atoms with Crippen LogP contribution in [0.15, 0.2) is 28.7 Å². The quantitative estimate of drug-likeness (QED) is 0.907. The average Bonchev–Trinajstić information content (AvgIpc) is 2.32. The Morgan fingerprint density at radius 3 is 2.44 bits per heavy atom. The first-order chi connectivity index (χ1) is 8.50.